The molecule has 0 saturated carbocycles. The molecule has 10 heteroatoms. The molecule has 0 aliphatic carbocycles. The number of thioether (sulfide) groups is 1. The van der Waals surface area contributed by atoms with Gasteiger partial charge in [-0.1, -0.05) is 160 Å². The highest BCUT2D eigenvalue weighted by Gasteiger charge is 2.39. The van der Waals surface area contributed by atoms with Crippen molar-refractivity contribution >= 4 is 41.4 Å². The lowest BCUT2D eigenvalue weighted by Crippen LogP contribution is -2.44. The average molecular weight is 896 g/mol. The molecule has 1 saturated heterocycles. The molecule has 0 spiro atoms. The number of imide groups is 1. The van der Waals surface area contributed by atoms with Crippen molar-refractivity contribution < 1.29 is 28.7 Å². The van der Waals surface area contributed by atoms with Crippen LogP contribution in [0.5, 0.6) is 0 Å². The summed E-state index contributed by atoms with van der Waals surface area (Å²) < 4.78 is 4.89. The molecule has 64 heavy (non-hydrogen) atoms. The topological polar surface area (TPSA) is 122 Å². The number of esters is 1. The highest BCUT2D eigenvalue weighted by Crippen LogP contribution is 2.26. The maximum atomic E-state index is 13.0. The summed E-state index contributed by atoms with van der Waals surface area (Å²) in [5.41, 5.74) is 0. The van der Waals surface area contributed by atoms with Crippen LogP contribution in [0, 0.1) is 0 Å². The highest BCUT2D eigenvalue weighted by molar-refractivity contribution is 8.00. The fourth-order valence-electron chi connectivity index (χ4n) is 5.91. The van der Waals surface area contributed by atoms with E-state index in [0.717, 1.165) is 93.7 Å². The summed E-state index contributed by atoms with van der Waals surface area (Å²) in [5, 5.41) is 4.82. The zero-order chi connectivity index (χ0) is 46.6. The average Bonchev–Trinajstić information content (AvgIpc) is 3.56. The van der Waals surface area contributed by atoms with Gasteiger partial charge in [-0.15, -0.1) is 11.8 Å². The standard InChI is InChI=1S/C54H77N3O6S/c1-4-6-8-10-12-14-16-18-20-22-24-26-28-30-32-34-36-38-40-42-50(58)55-44-45-57-52(60)46-49(53(57)61)64-47-48(54(62)63-3)56-51(59)43-41-39-37-35-33-31-29-27-25-23-21-19-17-15-13-11-9-7-5-2/h6-9,12-15,18-21,24-27,30-33,36-39,48-49H,4-5,10-11,16-17,22-23,28-29,34-35,40-47H2,1-3H3,(H,55,58)(H,56,59)/t48-,49?/m0/s1. The largest absolute Gasteiger partial charge is 0.467 e. The molecule has 2 N–H and O–H groups in total. The Bertz CT molecular complexity index is 1690. The maximum absolute atomic E-state index is 13.0. The van der Waals surface area contributed by atoms with Crippen molar-refractivity contribution in [2.24, 2.45) is 0 Å². The lowest BCUT2D eigenvalue weighted by Gasteiger charge is -2.18. The third kappa shape index (κ3) is 32.5. The van der Waals surface area contributed by atoms with Gasteiger partial charge in [-0.3, -0.25) is 24.1 Å². The van der Waals surface area contributed by atoms with Crippen LogP contribution in [-0.4, -0.2) is 71.7 Å². The molecule has 1 aliphatic rings. The maximum Gasteiger partial charge on any atom is 0.329 e. The second-order valence-electron chi connectivity index (χ2n) is 14.8. The number of hydrogen-bond acceptors (Lipinski definition) is 7. The summed E-state index contributed by atoms with van der Waals surface area (Å²) in [6.45, 7) is 4.51. The smallest absolute Gasteiger partial charge is 0.329 e. The summed E-state index contributed by atoms with van der Waals surface area (Å²) in [6.07, 6.45) is 64.0. The number of rotatable bonds is 36. The van der Waals surface area contributed by atoms with Crippen LogP contribution in [0.15, 0.2) is 146 Å². The number of carbonyl (C=O) groups is 5. The minimum absolute atomic E-state index is 0.00927. The van der Waals surface area contributed by atoms with Gasteiger partial charge in [0.15, 0.2) is 0 Å². The van der Waals surface area contributed by atoms with E-state index in [0.29, 0.717) is 19.3 Å². The van der Waals surface area contributed by atoms with Crippen molar-refractivity contribution in [3.63, 3.8) is 0 Å². The van der Waals surface area contributed by atoms with E-state index in [4.69, 9.17) is 4.74 Å². The quantitative estimate of drug-likeness (QED) is 0.0365. The molecule has 0 radical (unpaired) electrons. The van der Waals surface area contributed by atoms with Gasteiger partial charge in [-0.05, 0) is 89.9 Å². The van der Waals surface area contributed by atoms with E-state index in [-0.39, 0.29) is 55.3 Å². The van der Waals surface area contributed by atoms with Crippen LogP contribution in [0.2, 0.25) is 0 Å². The molecule has 1 heterocycles. The van der Waals surface area contributed by atoms with Crippen molar-refractivity contribution in [2.45, 2.75) is 134 Å². The highest BCUT2D eigenvalue weighted by atomic mass is 32.2. The molecule has 9 nitrogen and oxygen atoms in total. The van der Waals surface area contributed by atoms with Crippen LogP contribution in [0.1, 0.15) is 123 Å². The van der Waals surface area contributed by atoms with Gasteiger partial charge >= 0.3 is 5.97 Å². The molecule has 0 aromatic heterocycles. The monoisotopic (exact) mass is 896 g/mol. The lowest BCUT2D eigenvalue weighted by atomic mass is 10.2. The normalized spacial score (nSPS) is 15.9. The minimum atomic E-state index is -0.954. The van der Waals surface area contributed by atoms with Crippen LogP contribution in [0.25, 0.3) is 0 Å². The Morgan fingerprint density at radius 3 is 1.31 bits per heavy atom. The van der Waals surface area contributed by atoms with Crippen molar-refractivity contribution in [1.82, 2.24) is 15.5 Å². The first kappa shape index (κ1) is 56.8. The first-order valence-electron chi connectivity index (χ1n) is 23.2. The van der Waals surface area contributed by atoms with Crippen LogP contribution < -0.4 is 10.6 Å². The number of methoxy groups -OCH3 is 1. The molecule has 1 fully saturated rings. The van der Waals surface area contributed by atoms with Crippen molar-refractivity contribution in [3.8, 4) is 0 Å². The van der Waals surface area contributed by atoms with Crippen molar-refractivity contribution in [1.29, 1.82) is 0 Å². The van der Waals surface area contributed by atoms with Gasteiger partial charge in [0.05, 0.1) is 12.4 Å². The molecule has 0 aromatic carbocycles. The summed E-state index contributed by atoms with van der Waals surface area (Å²) in [5.74, 6) is -1.68. The number of amides is 4. The van der Waals surface area contributed by atoms with E-state index in [1.165, 1.54) is 7.11 Å². The number of likely N-dealkylation sites (tertiary alicyclic amines) is 1. The Hall–Kier alpha value is -5.22. The van der Waals surface area contributed by atoms with E-state index >= 15 is 0 Å². The second kappa shape index (κ2) is 41.8. The van der Waals surface area contributed by atoms with E-state index in [1.54, 1.807) is 0 Å². The summed E-state index contributed by atoms with van der Waals surface area (Å²) in [6, 6.07) is -0.954. The number of carbonyl (C=O) groups excluding carboxylic acids is 5. The zero-order valence-corrected chi connectivity index (χ0v) is 39.8. The van der Waals surface area contributed by atoms with Gasteiger partial charge in [-0.25, -0.2) is 4.79 Å². The Labute approximate surface area is 390 Å². The predicted molar refractivity (Wildman–Crippen MR) is 269 cm³/mol. The number of hydrogen-bond donors (Lipinski definition) is 2. The number of nitrogens with zero attached hydrogens (tertiary/aromatic N) is 1. The predicted octanol–water partition coefficient (Wildman–Crippen LogP) is 11.6. The lowest BCUT2D eigenvalue weighted by molar-refractivity contribution is -0.144. The van der Waals surface area contributed by atoms with Gasteiger partial charge in [-0.2, -0.15) is 0 Å². The molecular weight excluding hydrogens is 819 g/mol. The molecule has 0 bridgehead atoms. The second-order valence-corrected chi connectivity index (χ2v) is 16.0. The summed E-state index contributed by atoms with van der Waals surface area (Å²) in [7, 11) is 1.24. The third-order valence-corrected chi connectivity index (χ3v) is 10.7. The number of ether oxygens (including phenoxy) is 1. The fourth-order valence-corrected chi connectivity index (χ4v) is 7.09. The summed E-state index contributed by atoms with van der Waals surface area (Å²) in [4.78, 5) is 64.3. The van der Waals surface area contributed by atoms with E-state index in [9.17, 15) is 24.0 Å². The Balaban J connectivity index is 2.25. The molecule has 1 unspecified atom stereocenters. The van der Waals surface area contributed by atoms with Gasteiger partial charge in [0.2, 0.25) is 23.6 Å². The van der Waals surface area contributed by atoms with Crippen LogP contribution >= 0.6 is 11.8 Å². The van der Waals surface area contributed by atoms with E-state index < -0.39 is 17.3 Å². The molecule has 1 rings (SSSR count). The molecule has 350 valence electrons. The Morgan fingerprint density at radius 2 is 0.938 bits per heavy atom. The minimum Gasteiger partial charge on any atom is -0.467 e. The Kier molecular flexibility index (Phi) is 37.1. The van der Waals surface area contributed by atoms with Gasteiger partial charge in [0.25, 0.3) is 0 Å². The van der Waals surface area contributed by atoms with Crippen LogP contribution in [0.3, 0.4) is 0 Å². The third-order valence-electron chi connectivity index (χ3n) is 9.41. The Morgan fingerprint density at radius 1 is 0.578 bits per heavy atom. The molecule has 2 atom stereocenters. The first-order valence-corrected chi connectivity index (χ1v) is 24.3. The van der Waals surface area contributed by atoms with Gasteiger partial charge < -0.3 is 15.4 Å². The van der Waals surface area contributed by atoms with E-state index in [2.05, 4.69) is 146 Å². The number of allylic oxidation sites excluding steroid dienone is 24. The van der Waals surface area contributed by atoms with E-state index in [1.807, 2.05) is 24.3 Å². The van der Waals surface area contributed by atoms with Crippen molar-refractivity contribution in [3.05, 3.63) is 146 Å². The first-order chi connectivity index (χ1) is 31.3. The van der Waals surface area contributed by atoms with Gasteiger partial charge in [0, 0.05) is 38.1 Å². The number of nitrogens with one attached hydrogen (secondary N) is 2. The molecule has 4 amide bonds. The summed E-state index contributed by atoms with van der Waals surface area (Å²) >= 11 is 1.14. The molecule has 1 aliphatic heterocycles. The van der Waals surface area contributed by atoms with Crippen LogP contribution in [0.4, 0.5) is 0 Å². The SMILES string of the molecule is CCC=CCC=CCC=CCC=CCC=CCC=CCCC(=O)NCCN1C(=O)CC(SC[C@H](NC(=O)CCC=CCC=CCC=CCC=CCC=CCC=CCC)C(=O)OC)C1=O. The molecule has 0 aromatic rings. The zero-order valence-electron chi connectivity index (χ0n) is 39.0. The van der Waals surface area contributed by atoms with Crippen molar-refractivity contribution in [2.75, 3.05) is 26.0 Å². The molecular formula is C54H77N3O6S. The fraction of sp³-hybridized carbons (Fsp3) is 0.463. The van der Waals surface area contributed by atoms with Crippen LogP contribution in [-0.2, 0) is 28.7 Å². The van der Waals surface area contributed by atoms with Gasteiger partial charge in [0.1, 0.15) is 6.04 Å².